The van der Waals surface area contributed by atoms with E-state index >= 15 is 0 Å². The average molecular weight is 396 g/mol. The predicted octanol–water partition coefficient (Wildman–Crippen LogP) is 2.88. The van der Waals surface area contributed by atoms with Gasteiger partial charge in [0.25, 0.3) is 0 Å². The lowest BCUT2D eigenvalue weighted by Crippen LogP contribution is -2.56. The summed E-state index contributed by atoms with van der Waals surface area (Å²) in [7, 11) is 0. The Kier molecular flexibility index (Phi) is 6.69. The molecule has 1 atom stereocenters. The molecule has 7 nitrogen and oxygen atoms in total. The van der Waals surface area contributed by atoms with Gasteiger partial charge >= 0.3 is 6.03 Å². The number of nitrogens with zero attached hydrogens (tertiary/aromatic N) is 3. The smallest absolute Gasteiger partial charge is 0.318 e. The van der Waals surface area contributed by atoms with E-state index in [1.807, 2.05) is 51.1 Å². The summed E-state index contributed by atoms with van der Waals surface area (Å²) in [6.07, 6.45) is 0. The second-order valence-corrected chi connectivity index (χ2v) is 7.63. The molecular weight excluding hydrogens is 366 g/mol. The fraction of sp³-hybridized carbons (Fsp3) is 0.409. The van der Waals surface area contributed by atoms with Gasteiger partial charge in [0.2, 0.25) is 5.91 Å². The molecule has 2 N–H and O–H groups in total. The van der Waals surface area contributed by atoms with Crippen molar-refractivity contribution in [3.63, 3.8) is 0 Å². The highest BCUT2D eigenvalue weighted by atomic mass is 16.2. The third-order valence-electron chi connectivity index (χ3n) is 5.06. The van der Waals surface area contributed by atoms with Gasteiger partial charge in [0.05, 0.1) is 0 Å². The standard InChI is InChI=1S/C22H29N5O2/c1-16(2)20(21(28)24-19-11-7-8-17(3)23-19)25-22(29)27-14-12-26(13-15-27)18-9-5-4-6-10-18/h4-11,16,20H,12-15H2,1-3H3,(H,25,29)(H,23,24,28). The number of aryl methyl sites for hydroxylation is 1. The van der Waals surface area contributed by atoms with Crippen molar-refractivity contribution in [1.29, 1.82) is 0 Å². The van der Waals surface area contributed by atoms with Crippen molar-refractivity contribution in [3.8, 4) is 0 Å². The Morgan fingerprint density at radius 1 is 0.966 bits per heavy atom. The highest BCUT2D eigenvalue weighted by Gasteiger charge is 2.28. The fourth-order valence-electron chi connectivity index (χ4n) is 3.38. The van der Waals surface area contributed by atoms with Gasteiger partial charge in [-0.1, -0.05) is 38.1 Å². The number of piperazine rings is 1. The number of carbonyl (C=O) groups is 2. The first kappa shape index (κ1) is 20.6. The third-order valence-corrected chi connectivity index (χ3v) is 5.06. The summed E-state index contributed by atoms with van der Waals surface area (Å²) >= 11 is 0. The van der Waals surface area contributed by atoms with E-state index in [1.165, 1.54) is 0 Å². The molecule has 3 rings (SSSR count). The van der Waals surface area contributed by atoms with E-state index < -0.39 is 6.04 Å². The Balaban J connectivity index is 1.56. The zero-order valence-corrected chi connectivity index (χ0v) is 17.3. The third kappa shape index (κ3) is 5.47. The van der Waals surface area contributed by atoms with Gasteiger partial charge in [0.15, 0.2) is 0 Å². The molecule has 7 heteroatoms. The van der Waals surface area contributed by atoms with Crippen molar-refractivity contribution in [2.75, 3.05) is 36.4 Å². The van der Waals surface area contributed by atoms with Crippen molar-refractivity contribution in [3.05, 3.63) is 54.2 Å². The summed E-state index contributed by atoms with van der Waals surface area (Å²) in [5, 5.41) is 5.71. The lowest BCUT2D eigenvalue weighted by Gasteiger charge is -2.37. The van der Waals surface area contributed by atoms with E-state index in [2.05, 4.69) is 32.7 Å². The van der Waals surface area contributed by atoms with E-state index in [1.54, 1.807) is 11.0 Å². The van der Waals surface area contributed by atoms with E-state index in [0.717, 1.165) is 24.5 Å². The molecule has 1 fully saturated rings. The molecule has 1 saturated heterocycles. The molecule has 3 amide bonds. The number of urea groups is 1. The number of aromatic nitrogens is 1. The van der Waals surface area contributed by atoms with E-state index in [-0.39, 0.29) is 17.9 Å². The minimum absolute atomic E-state index is 0.0469. The number of pyridine rings is 1. The Bertz CT molecular complexity index is 832. The monoisotopic (exact) mass is 395 g/mol. The lowest BCUT2D eigenvalue weighted by atomic mass is 10.0. The molecule has 2 aromatic rings. The number of para-hydroxylation sites is 1. The summed E-state index contributed by atoms with van der Waals surface area (Å²) in [6, 6.07) is 14.8. The topological polar surface area (TPSA) is 77.6 Å². The highest BCUT2D eigenvalue weighted by Crippen LogP contribution is 2.16. The molecule has 1 aliphatic rings. The molecule has 0 aliphatic carbocycles. The van der Waals surface area contributed by atoms with Gasteiger partial charge in [0.1, 0.15) is 11.9 Å². The average Bonchev–Trinajstić information content (AvgIpc) is 2.72. The second kappa shape index (κ2) is 9.41. The quantitative estimate of drug-likeness (QED) is 0.816. The number of hydrogen-bond acceptors (Lipinski definition) is 4. The van der Waals surface area contributed by atoms with Crippen LogP contribution in [0.2, 0.25) is 0 Å². The van der Waals surface area contributed by atoms with Crippen LogP contribution in [0.3, 0.4) is 0 Å². The van der Waals surface area contributed by atoms with Crippen LogP contribution in [0.1, 0.15) is 19.5 Å². The Morgan fingerprint density at radius 3 is 2.28 bits per heavy atom. The summed E-state index contributed by atoms with van der Waals surface area (Å²) in [5.41, 5.74) is 1.99. The van der Waals surface area contributed by atoms with Crippen LogP contribution in [-0.4, -0.2) is 54.0 Å². The maximum atomic E-state index is 12.8. The van der Waals surface area contributed by atoms with Gasteiger partial charge in [-0.15, -0.1) is 0 Å². The van der Waals surface area contributed by atoms with Crippen LogP contribution < -0.4 is 15.5 Å². The number of nitrogens with one attached hydrogen (secondary N) is 2. The van der Waals surface area contributed by atoms with Crippen LogP contribution in [0.25, 0.3) is 0 Å². The Labute approximate surface area is 172 Å². The number of benzene rings is 1. The zero-order valence-electron chi connectivity index (χ0n) is 17.3. The summed E-state index contributed by atoms with van der Waals surface area (Å²) < 4.78 is 0. The molecule has 0 spiro atoms. The summed E-state index contributed by atoms with van der Waals surface area (Å²) in [6.45, 7) is 8.47. The molecule has 0 bridgehead atoms. The molecule has 1 unspecified atom stereocenters. The highest BCUT2D eigenvalue weighted by molar-refractivity contribution is 5.96. The Hall–Kier alpha value is -3.09. The molecule has 1 aromatic heterocycles. The van der Waals surface area contributed by atoms with Crippen LogP contribution in [0, 0.1) is 12.8 Å². The van der Waals surface area contributed by atoms with E-state index in [4.69, 9.17) is 0 Å². The maximum absolute atomic E-state index is 12.8. The molecule has 29 heavy (non-hydrogen) atoms. The molecule has 2 heterocycles. The van der Waals surface area contributed by atoms with Crippen LogP contribution in [0.5, 0.6) is 0 Å². The number of amides is 3. The van der Waals surface area contributed by atoms with Crippen molar-refractivity contribution in [2.24, 2.45) is 5.92 Å². The number of anilines is 2. The Morgan fingerprint density at radius 2 is 1.66 bits per heavy atom. The first-order valence-electron chi connectivity index (χ1n) is 10.0. The van der Waals surface area contributed by atoms with E-state index in [0.29, 0.717) is 18.9 Å². The molecule has 1 aromatic carbocycles. The van der Waals surface area contributed by atoms with Crippen molar-refractivity contribution in [2.45, 2.75) is 26.8 Å². The number of rotatable bonds is 5. The lowest BCUT2D eigenvalue weighted by molar-refractivity contribution is -0.118. The minimum atomic E-state index is -0.628. The second-order valence-electron chi connectivity index (χ2n) is 7.63. The van der Waals surface area contributed by atoms with Crippen molar-refractivity contribution >= 4 is 23.4 Å². The molecule has 0 saturated carbocycles. The normalized spacial score (nSPS) is 15.2. The largest absolute Gasteiger partial charge is 0.368 e. The molecule has 1 aliphatic heterocycles. The van der Waals surface area contributed by atoms with Gasteiger partial charge in [-0.3, -0.25) is 4.79 Å². The fourth-order valence-corrected chi connectivity index (χ4v) is 3.38. The predicted molar refractivity (Wildman–Crippen MR) is 115 cm³/mol. The zero-order chi connectivity index (χ0) is 20.8. The van der Waals surface area contributed by atoms with Crippen LogP contribution in [0.4, 0.5) is 16.3 Å². The minimum Gasteiger partial charge on any atom is -0.368 e. The van der Waals surface area contributed by atoms with Gasteiger partial charge < -0.3 is 20.4 Å². The van der Waals surface area contributed by atoms with Crippen LogP contribution in [-0.2, 0) is 4.79 Å². The molecule has 0 radical (unpaired) electrons. The van der Waals surface area contributed by atoms with E-state index in [9.17, 15) is 9.59 Å². The first-order valence-corrected chi connectivity index (χ1v) is 10.0. The molecular formula is C22H29N5O2. The van der Waals surface area contributed by atoms with Gasteiger partial charge in [-0.25, -0.2) is 9.78 Å². The number of carbonyl (C=O) groups excluding carboxylic acids is 2. The first-order chi connectivity index (χ1) is 13.9. The number of hydrogen-bond donors (Lipinski definition) is 2. The van der Waals surface area contributed by atoms with Crippen LogP contribution in [0.15, 0.2) is 48.5 Å². The van der Waals surface area contributed by atoms with Gasteiger partial charge in [-0.2, -0.15) is 0 Å². The maximum Gasteiger partial charge on any atom is 0.318 e. The van der Waals surface area contributed by atoms with Crippen molar-refractivity contribution < 1.29 is 9.59 Å². The molecule has 154 valence electrons. The van der Waals surface area contributed by atoms with Gasteiger partial charge in [-0.05, 0) is 37.1 Å². The van der Waals surface area contributed by atoms with Crippen molar-refractivity contribution in [1.82, 2.24) is 15.2 Å². The summed E-state index contributed by atoms with van der Waals surface area (Å²) in [4.78, 5) is 33.8. The SMILES string of the molecule is Cc1cccc(NC(=O)C(NC(=O)N2CCN(c3ccccc3)CC2)C(C)C)n1. The van der Waals surface area contributed by atoms with Crippen LogP contribution >= 0.6 is 0 Å². The van der Waals surface area contributed by atoms with Gasteiger partial charge in [0, 0.05) is 37.6 Å². The summed E-state index contributed by atoms with van der Waals surface area (Å²) in [5.74, 6) is 0.190.